The predicted octanol–water partition coefficient (Wildman–Crippen LogP) is 3.92. The van der Waals surface area contributed by atoms with Gasteiger partial charge in [0, 0.05) is 19.1 Å². The first-order valence-corrected chi connectivity index (χ1v) is 8.56. The van der Waals surface area contributed by atoms with Crippen LogP contribution >= 0.6 is 0 Å². The van der Waals surface area contributed by atoms with Crippen molar-refractivity contribution >= 4 is 0 Å². The Morgan fingerprint density at radius 3 is 2.52 bits per heavy atom. The van der Waals surface area contributed by atoms with Crippen LogP contribution in [0, 0.1) is 11.3 Å². The van der Waals surface area contributed by atoms with Crippen molar-refractivity contribution in [2.75, 3.05) is 19.6 Å². The molecule has 2 heteroatoms. The molecule has 2 unspecified atom stereocenters. The van der Waals surface area contributed by atoms with Crippen LogP contribution < -0.4 is 5.32 Å². The topological polar surface area (TPSA) is 15.3 Å². The van der Waals surface area contributed by atoms with E-state index in [2.05, 4.69) is 68.2 Å². The van der Waals surface area contributed by atoms with Gasteiger partial charge < -0.3 is 5.32 Å². The standard InChI is InChI=1S/C19H32N2/c1-5-20-18-17(12-13-19(18,3)4)15-21(6-2)14-16-10-8-7-9-11-16/h7-11,17-18,20H,5-6,12-15H2,1-4H3. The first-order chi connectivity index (χ1) is 10.1. The molecule has 0 spiro atoms. The van der Waals surface area contributed by atoms with Gasteiger partial charge in [-0.2, -0.15) is 0 Å². The summed E-state index contributed by atoms with van der Waals surface area (Å²) in [5.74, 6) is 0.781. The highest BCUT2D eigenvalue weighted by atomic mass is 15.1. The van der Waals surface area contributed by atoms with E-state index in [1.807, 2.05) is 0 Å². The number of hydrogen-bond donors (Lipinski definition) is 1. The zero-order valence-electron chi connectivity index (χ0n) is 14.2. The van der Waals surface area contributed by atoms with Crippen LogP contribution in [0.3, 0.4) is 0 Å². The molecule has 1 aliphatic carbocycles. The highest BCUT2D eigenvalue weighted by Gasteiger charge is 2.41. The second-order valence-corrected chi connectivity index (χ2v) is 7.14. The zero-order valence-corrected chi connectivity index (χ0v) is 14.2. The molecular weight excluding hydrogens is 256 g/mol. The molecule has 1 N–H and O–H groups in total. The molecule has 21 heavy (non-hydrogen) atoms. The summed E-state index contributed by atoms with van der Waals surface area (Å²) in [5, 5.41) is 3.75. The van der Waals surface area contributed by atoms with Crippen LogP contribution in [-0.4, -0.2) is 30.6 Å². The van der Waals surface area contributed by atoms with Crippen molar-refractivity contribution in [3.05, 3.63) is 35.9 Å². The van der Waals surface area contributed by atoms with Gasteiger partial charge in [-0.05, 0) is 42.8 Å². The van der Waals surface area contributed by atoms with Crippen LogP contribution in [-0.2, 0) is 6.54 Å². The van der Waals surface area contributed by atoms with Crippen LogP contribution in [0.2, 0.25) is 0 Å². The molecule has 0 heterocycles. The summed E-state index contributed by atoms with van der Waals surface area (Å²) in [4.78, 5) is 2.60. The van der Waals surface area contributed by atoms with Gasteiger partial charge in [0.05, 0.1) is 0 Å². The number of benzene rings is 1. The third kappa shape index (κ3) is 4.31. The summed E-state index contributed by atoms with van der Waals surface area (Å²) >= 11 is 0. The second-order valence-electron chi connectivity index (χ2n) is 7.14. The quantitative estimate of drug-likeness (QED) is 0.818. The number of hydrogen-bond acceptors (Lipinski definition) is 2. The molecule has 118 valence electrons. The second kappa shape index (κ2) is 7.42. The van der Waals surface area contributed by atoms with Crippen LogP contribution in [0.5, 0.6) is 0 Å². The van der Waals surface area contributed by atoms with E-state index in [-0.39, 0.29) is 0 Å². The Kier molecular flexibility index (Phi) is 5.83. The SMILES string of the molecule is CCNC1C(CN(CC)Cc2ccccc2)CCC1(C)C. The molecule has 0 saturated heterocycles. The summed E-state index contributed by atoms with van der Waals surface area (Å²) in [6, 6.07) is 11.5. The normalized spacial score (nSPS) is 24.6. The van der Waals surface area contributed by atoms with Crippen LogP contribution in [0.1, 0.15) is 46.1 Å². The van der Waals surface area contributed by atoms with Crippen LogP contribution in [0.4, 0.5) is 0 Å². The van der Waals surface area contributed by atoms with E-state index < -0.39 is 0 Å². The maximum Gasteiger partial charge on any atom is 0.0233 e. The molecule has 1 aromatic carbocycles. The molecule has 2 atom stereocenters. The lowest BCUT2D eigenvalue weighted by Crippen LogP contribution is -2.45. The van der Waals surface area contributed by atoms with Crippen LogP contribution in [0.25, 0.3) is 0 Å². The Bertz CT molecular complexity index is 413. The van der Waals surface area contributed by atoms with Crippen LogP contribution in [0.15, 0.2) is 30.3 Å². The van der Waals surface area contributed by atoms with Gasteiger partial charge in [-0.25, -0.2) is 0 Å². The van der Waals surface area contributed by atoms with Crippen molar-refractivity contribution in [2.24, 2.45) is 11.3 Å². The Morgan fingerprint density at radius 1 is 1.19 bits per heavy atom. The minimum absolute atomic E-state index is 0.437. The number of nitrogens with zero attached hydrogens (tertiary/aromatic N) is 1. The van der Waals surface area contributed by atoms with Gasteiger partial charge in [0.15, 0.2) is 0 Å². The Labute approximate surface area is 130 Å². The fourth-order valence-corrected chi connectivity index (χ4v) is 3.86. The minimum atomic E-state index is 0.437. The zero-order chi connectivity index (χ0) is 15.3. The van der Waals surface area contributed by atoms with Crippen molar-refractivity contribution in [3.8, 4) is 0 Å². The van der Waals surface area contributed by atoms with Crippen molar-refractivity contribution in [3.63, 3.8) is 0 Å². The third-order valence-corrected chi connectivity index (χ3v) is 5.09. The van der Waals surface area contributed by atoms with Crippen molar-refractivity contribution in [1.29, 1.82) is 0 Å². The van der Waals surface area contributed by atoms with E-state index >= 15 is 0 Å². The summed E-state index contributed by atoms with van der Waals surface area (Å²) < 4.78 is 0. The van der Waals surface area contributed by atoms with E-state index in [1.165, 1.54) is 24.9 Å². The van der Waals surface area contributed by atoms with Crippen molar-refractivity contribution < 1.29 is 0 Å². The Morgan fingerprint density at radius 2 is 1.90 bits per heavy atom. The molecule has 0 aliphatic heterocycles. The van der Waals surface area contributed by atoms with Gasteiger partial charge >= 0.3 is 0 Å². The van der Waals surface area contributed by atoms with Gasteiger partial charge in [0.25, 0.3) is 0 Å². The summed E-state index contributed by atoms with van der Waals surface area (Å²) in [5.41, 5.74) is 1.86. The molecular formula is C19H32N2. The van der Waals surface area contributed by atoms with Gasteiger partial charge in [0.2, 0.25) is 0 Å². The lowest BCUT2D eigenvalue weighted by atomic mass is 9.84. The third-order valence-electron chi connectivity index (χ3n) is 5.09. The highest BCUT2D eigenvalue weighted by molar-refractivity contribution is 5.14. The molecule has 1 fully saturated rings. The lowest BCUT2D eigenvalue weighted by molar-refractivity contribution is 0.185. The van der Waals surface area contributed by atoms with Gasteiger partial charge in [0.1, 0.15) is 0 Å². The fourth-order valence-electron chi connectivity index (χ4n) is 3.86. The van der Waals surface area contributed by atoms with Crippen molar-refractivity contribution in [1.82, 2.24) is 10.2 Å². The minimum Gasteiger partial charge on any atom is -0.313 e. The largest absolute Gasteiger partial charge is 0.313 e. The van der Waals surface area contributed by atoms with Gasteiger partial charge in [-0.15, -0.1) is 0 Å². The molecule has 0 bridgehead atoms. The maximum absolute atomic E-state index is 3.75. The highest BCUT2D eigenvalue weighted by Crippen LogP contribution is 2.41. The molecule has 1 aliphatic rings. The van der Waals surface area contributed by atoms with Gasteiger partial charge in [-0.1, -0.05) is 58.0 Å². The lowest BCUT2D eigenvalue weighted by Gasteiger charge is -2.34. The maximum atomic E-state index is 3.75. The number of rotatable bonds is 7. The van der Waals surface area contributed by atoms with E-state index in [0.717, 1.165) is 25.6 Å². The van der Waals surface area contributed by atoms with E-state index in [0.29, 0.717) is 11.5 Å². The average Bonchev–Trinajstić information content (AvgIpc) is 2.75. The predicted molar refractivity (Wildman–Crippen MR) is 91.4 cm³/mol. The molecule has 1 saturated carbocycles. The Balaban J connectivity index is 1.97. The fraction of sp³-hybridized carbons (Fsp3) is 0.684. The van der Waals surface area contributed by atoms with E-state index in [4.69, 9.17) is 0 Å². The molecule has 0 aromatic heterocycles. The summed E-state index contributed by atoms with van der Waals surface area (Å²) in [6.45, 7) is 13.9. The summed E-state index contributed by atoms with van der Waals surface area (Å²) in [6.07, 6.45) is 2.70. The average molecular weight is 288 g/mol. The molecule has 0 amide bonds. The molecule has 2 rings (SSSR count). The monoisotopic (exact) mass is 288 g/mol. The van der Waals surface area contributed by atoms with Gasteiger partial charge in [-0.3, -0.25) is 4.90 Å². The summed E-state index contributed by atoms with van der Waals surface area (Å²) in [7, 11) is 0. The first kappa shape index (κ1) is 16.5. The molecule has 0 radical (unpaired) electrons. The van der Waals surface area contributed by atoms with E-state index in [9.17, 15) is 0 Å². The molecule has 1 aromatic rings. The van der Waals surface area contributed by atoms with Crippen molar-refractivity contribution in [2.45, 2.75) is 53.1 Å². The smallest absolute Gasteiger partial charge is 0.0233 e. The molecule has 2 nitrogen and oxygen atoms in total. The number of nitrogens with one attached hydrogen (secondary N) is 1. The Hall–Kier alpha value is -0.860. The van der Waals surface area contributed by atoms with E-state index in [1.54, 1.807) is 0 Å². The first-order valence-electron chi connectivity index (χ1n) is 8.56.